The van der Waals surface area contributed by atoms with E-state index in [9.17, 15) is 4.79 Å². The molecule has 30 heavy (non-hydrogen) atoms. The van der Waals surface area contributed by atoms with Crippen LogP contribution >= 0.6 is 0 Å². The highest BCUT2D eigenvalue weighted by atomic mass is 16.5. The number of aryl methyl sites for hydroxylation is 1. The van der Waals surface area contributed by atoms with Gasteiger partial charge in [-0.15, -0.1) is 0 Å². The highest BCUT2D eigenvalue weighted by molar-refractivity contribution is 5.85. The van der Waals surface area contributed by atoms with Crippen molar-refractivity contribution in [3.63, 3.8) is 0 Å². The van der Waals surface area contributed by atoms with Crippen LogP contribution in [0.25, 0.3) is 22.2 Å². The molecule has 9 heteroatoms. The van der Waals surface area contributed by atoms with Gasteiger partial charge in [0.05, 0.1) is 24.0 Å². The van der Waals surface area contributed by atoms with Crippen molar-refractivity contribution in [2.45, 2.75) is 6.54 Å². The van der Waals surface area contributed by atoms with Crippen LogP contribution in [0.4, 0.5) is 0 Å². The van der Waals surface area contributed by atoms with Crippen LogP contribution in [-0.4, -0.2) is 44.3 Å². The summed E-state index contributed by atoms with van der Waals surface area (Å²) in [5.41, 5.74) is 7.58. The summed E-state index contributed by atoms with van der Waals surface area (Å²) in [5, 5.41) is 9.43. The second-order valence-corrected chi connectivity index (χ2v) is 6.66. The molecule has 0 aliphatic carbocycles. The third kappa shape index (κ3) is 4.31. The van der Waals surface area contributed by atoms with Crippen molar-refractivity contribution in [1.82, 2.24) is 24.5 Å². The lowest BCUT2D eigenvalue weighted by atomic mass is 10.2. The first-order chi connectivity index (χ1) is 14.6. The molecule has 0 saturated heterocycles. The minimum absolute atomic E-state index is 0.187. The minimum Gasteiger partial charge on any atom is -0.492 e. The average molecular weight is 406 g/mol. The Bertz CT molecular complexity index is 1220. The van der Waals surface area contributed by atoms with E-state index in [1.165, 1.54) is 10.7 Å². The molecule has 0 bridgehead atoms. The molecule has 0 unspecified atom stereocenters. The Morgan fingerprint density at radius 3 is 2.80 bits per heavy atom. The first kappa shape index (κ1) is 19.6. The van der Waals surface area contributed by atoms with E-state index in [4.69, 9.17) is 15.2 Å². The van der Waals surface area contributed by atoms with Gasteiger partial charge in [-0.25, -0.2) is 4.68 Å². The van der Waals surface area contributed by atoms with Crippen LogP contribution in [0.5, 0.6) is 11.5 Å². The Hall–Kier alpha value is -3.72. The number of fused-ring (bicyclic) bond motifs is 1. The first-order valence-corrected chi connectivity index (χ1v) is 9.55. The lowest BCUT2D eigenvalue weighted by Gasteiger charge is -2.11. The summed E-state index contributed by atoms with van der Waals surface area (Å²) in [6.45, 7) is 1.49. The van der Waals surface area contributed by atoms with Gasteiger partial charge in [0.25, 0.3) is 5.56 Å². The lowest BCUT2D eigenvalue weighted by Crippen LogP contribution is -2.25. The molecule has 0 amide bonds. The third-order valence-corrected chi connectivity index (χ3v) is 4.49. The van der Waals surface area contributed by atoms with Crippen LogP contribution in [0.3, 0.4) is 0 Å². The number of benzene rings is 1. The van der Waals surface area contributed by atoms with Crippen molar-refractivity contribution in [2.24, 2.45) is 12.8 Å². The van der Waals surface area contributed by atoms with Gasteiger partial charge in [-0.05, 0) is 24.3 Å². The lowest BCUT2D eigenvalue weighted by molar-refractivity contribution is 0.291. The summed E-state index contributed by atoms with van der Waals surface area (Å²) in [5.74, 6) is 1.39. The summed E-state index contributed by atoms with van der Waals surface area (Å²) in [6, 6.07) is 10.6. The van der Waals surface area contributed by atoms with Gasteiger partial charge in [-0.2, -0.15) is 10.2 Å². The molecule has 3 heterocycles. The number of nitrogens with two attached hydrogens (primary N) is 1. The van der Waals surface area contributed by atoms with Crippen LogP contribution in [0.2, 0.25) is 0 Å². The van der Waals surface area contributed by atoms with Gasteiger partial charge in [0.15, 0.2) is 0 Å². The average Bonchev–Trinajstić information content (AvgIpc) is 3.19. The van der Waals surface area contributed by atoms with Crippen LogP contribution in [0.15, 0.2) is 59.8 Å². The Labute approximate surface area is 172 Å². The number of ether oxygens (including phenoxy) is 2. The molecule has 0 atom stereocenters. The van der Waals surface area contributed by atoms with Crippen molar-refractivity contribution in [1.29, 1.82) is 0 Å². The van der Waals surface area contributed by atoms with E-state index in [1.807, 2.05) is 31.4 Å². The van der Waals surface area contributed by atoms with E-state index in [1.54, 1.807) is 29.2 Å². The van der Waals surface area contributed by atoms with Gasteiger partial charge in [0.1, 0.15) is 24.7 Å². The van der Waals surface area contributed by atoms with Crippen LogP contribution in [0.1, 0.15) is 0 Å². The fraction of sp³-hybridized carbons (Fsp3) is 0.238. The van der Waals surface area contributed by atoms with Crippen molar-refractivity contribution in [3.8, 4) is 22.8 Å². The molecule has 0 radical (unpaired) electrons. The Morgan fingerprint density at radius 1 is 1.10 bits per heavy atom. The second kappa shape index (κ2) is 8.75. The van der Waals surface area contributed by atoms with Crippen LogP contribution < -0.4 is 20.8 Å². The molecule has 4 aromatic rings. The molecule has 0 aliphatic heterocycles. The zero-order valence-corrected chi connectivity index (χ0v) is 16.6. The molecule has 2 N–H and O–H groups in total. The number of hydrogen-bond acceptors (Lipinski definition) is 7. The fourth-order valence-corrected chi connectivity index (χ4v) is 3.05. The fourth-order valence-electron chi connectivity index (χ4n) is 3.05. The van der Waals surface area contributed by atoms with Crippen molar-refractivity contribution in [2.75, 3.05) is 19.8 Å². The molecule has 3 aromatic heterocycles. The van der Waals surface area contributed by atoms with E-state index in [-0.39, 0.29) is 12.2 Å². The van der Waals surface area contributed by atoms with Gasteiger partial charge in [-0.3, -0.25) is 14.5 Å². The zero-order valence-electron chi connectivity index (χ0n) is 16.6. The third-order valence-electron chi connectivity index (χ3n) is 4.49. The maximum Gasteiger partial charge on any atom is 0.266 e. The molecule has 9 nitrogen and oxygen atoms in total. The predicted octanol–water partition coefficient (Wildman–Crippen LogP) is 1.61. The van der Waals surface area contributed by atoms with Crippen molar-refractivity contribution < 1.29 is 9.47 Å². The van der Waals surface area contributed by atoms with E-state index in [2.05, 4.69) is 15.2 Å². The summed E-state index contributed by atoms with van der Waals surface area (Å²) < 4.78 is 14.6. The molecular formula is C21H22N6O3. The molecule has 1 aromatic carbocycles. The molecular weight excluding hydrogens is 384 g/mol. The van der Waals surface area contributed by atoms with Crippen molar-refractivity contribution >= 4 is 10.9 Å². The summed E-state index contributed by atoms with van der Waals surface area (Å²) in [6.07, 6.45) is 5.24. The highest BCUT2D eigenvalue weighted by Gasteiger charge is 2.08. The minimum atomic E-state index is -0.187. The molecule has 4 rings (SSSR count). The topological polar surface area (TPSA) is 110 Å². The molecule has 154 valence electrons. The smallest absolute Gasteiger partial charge is 0.266 e. The summed E-state index contributed by atoms with van der Waals surface area (Å²) >= 11 is 0. The predicted molar refractivity (Wildman–Crippen MR) is 112 cm³/mol. The zero-order chi connectivity index (χ0) is 20.9. The second-order valence-electron chi connectivity index (χ2n) is 6.66. The van der Waals surface area contributed by atoms with Crippen LogP contribution in [-0.2, 0) is 13.6 Å². The molecule has 0 fully saturated rings. The Balaban J connectivity index is 1.48. The van der Waals surface area contributed by atoms with Crippen LogP contribution in [0, 0.1) is 0 Å². The Morgan fingerprint density at radius 2 is 2.00 bits per heavy atom. The van der Waals surface area contributed by atoms with E-state index in [0.717, 1.165) is 16.5 Å². The van der Waals surface area contributed by atoms with Gasteiger partial charge >= 0.3 is 0 Å². The maximum absolute atomic E-state index is 12.2. The van der Waals surface area contributed by atoms with E-state index in [0.29, 0.717) is 36.9 Å². The molecule has 0 aliphatic rings. The van der Waals surface area contributed by atoms with Gasteiger partial charge in [-0.1, -0.05) is 0 Å². The van der Waals surface area contributed by atoms with E-state index >= 15 is 0 Å². The molecule has 0 saturated carbocycles. The van der Waals surface area contributed by atoms with Crippen molar-refractivity contribution in [3.05, 3.63) is 65.3 Å². The maximum atomic E-state index is 12.2. The largest absolute Gasteiger partial charge is 0.492 e. The quantitative estimate of drug-likeness (QED) is 0.473. The first-order valence-electron chi connectivity index (χ1n) is 9.55. The normalized spacial score (nSPS) is 11.0. The van der Waals surface area contributed by atoms with Gasteiger partial charge in [0, 0.05) is 49.1 Å². The number of rotatable bonds is 8. The monoisotopic (exact) mass is 406 g/mol. The SMILES string of the molecule is Cn1cc(-c2ccc(=O)n(CCOc3ccnc4cc(OCCN)ccc34)n2)cn1. The Kier molecular flexibility index (Phi) is 5.71. The molecule has 0 spiro atoms. The van der Waals surface area contributed by atoms with Gasteiger partial charge in [0.2, 0.25) is 0 Å². The van der Waals surface area contributed by atoms with E-state index < -0.39 is 0 Å². The standard InChI is InChI=1S/C21H22N6O3/c1-26-14-15(13-24-26)18-4-5-21(28)27(25-18)9-11-30-20-6-8-23-19-12-16(29-10-7-22)2-3-17(19)20/h2-6,8,12-14H,7,9-11,22H2,1H3. The number of aromatic nitrogens is 5. The van der Waals surface area contributed by atoms with Gasteiger partial charge < -0.3 is 15.2 Å². The summed E-state index contributed by atoms with van der Waals surface area (Å²) in [4.78, 5) is 16.5. The number of nitrogens with zero attached hydrogens (tertiary/aromatic N) is 5. The number of hydrogen-bond donors (Lipinski definition) is 1. The summed E-state index contributed by atoms with van der Waals surface area (Å²) in [7, 11) is 1.83. The highest BCUT2D eigenvalue weighted by Crippen LogP contribution is 2.27. The number of pyridine rings is 1.